The van der Waals surface area contributed by atoms with E-state index in [0.717, 1.165) is 6.54 Å². The number of hydrogen-bond donors (Lipinski definition) is 3. The van der Waals surface area contributed by atoms with E-state index in [0.29, 0.717) is 13.2 Å². The van der Waals surface area contributed by atoms with Gasteiger partial charge in [0.2, 0.25) is 0 Å². The molecule has 0 saturated heterocycles. The second-order valence-corrected chi connectivity index (χ2v) is 2.07. The summed E-state index contributed by atoms with van der Waals surface area (Å²) in [6.07, 6.45) is -0.517. The fraction of sp³-hybridized carbons (Fsp3) is 1.00. The number of nitrogens with one attached hydrogen (secondary N) is 1. The predicted molar refractivity (Wildman–Crippen MR) is 39.8 cm³/mol. The van der Waals surface area contributed by atoms with Crippen molar-refractivity contribution in [1.29, 1.82) is 0 Å². The molecular weight excluding hydrogens is 132 g/mol. The van der Waals surface area contributed by atoms with E-state index in [1.165, 1.54) is 0 Å². The average Bonchev–Trinajstić information content (AvgIpc) is 1.98. The van der Waals surface area contributed by atoms with Crippen LogP contribution in [0.3, 0.4) is 0 Å². The van der Waals surface area contributed by atoms with Crippen molar-refractivity contribution in [3.8, 4) is 0 Å². The molecule has 0 bridgehead atoms. The second-order valence-electron chi connectivity index (χ2n) is 2.07. The first-order valence-corrected chi connectivity index (χ1v) is 3.41. The molecule has 0 aromatic heterocycles. The minimum Gasteiger partial charge on any atom is -0.389 e. The molecule has 4 N–H and O–H groups in total. The molecule has 0 aliphatic carbocycles. The lowest BCUT2D eigenvalue weighted by molar-refractivity contribution is 0.0431. The molecule has 1 unspecified atom stereocenters. The molecule has 0 saturated carbocycles. The molecule has 0 aliphatic rings. The molecule has 0 spiro atoms. The van der Waals surface area contributed by atoms with Crippen LogP contribution in [0.25, 0.3) is 0 Å². The van der Waals surface area contributed by atoms with E-state index in [-0.39, 0.29) is 6.54 Å². The molecule has 0 rings (SSSR count). The van der Waals surface area contributed by atoms with Crippen molar-refractivity contribution in [2.45, 2.75) is 6.10 Å². The van der Waals surface area contributed by atoms with Crippen LogP contribution in [-0.2, 0) is 4.74 Å². The van der Waals surface area contributed by atoms with E-state index in [1.54, 1.807) is 0 Å². The predicted octanol–water partition coefficient (Wildman–Crippen LogP) is -1.46. The fourth-order valence-corrected chi connectivity index (χ4v) is 0.462. The lowest BCUT2D eigenvalue weighted by atomic mass is 10.4. The van der Waals surface area contributed by atoms with Gasteiger partial charge in [-0.25, -0.2) is 0 Å². The van der Waals surface area contributed by atoms with Crippen molar-refractivity contribution in [2.24, 2.45) is 5.73 Å². The van der Waals surface area contributed by atoms with Gasteiger partial charge in [-0.1, -0.05) is 0 Å². The lowest BCUT2D eigenvalue weighted by Gasteiger charge is -2.07. The monoisotopic (exact) mass is 148 g/mol. The van der Waals surface area contributed by atoms with Crippen LogP contribution in [0, 0.1) is 0 Å². The van der Waals surface area contributed by atoms with E-state index in [1.807, 2.05) is 7.05 Å². The Hall–Kier alpha value is -0.160. The smallest absolute Gasteiger partial charge is 0.0895 e. The van der Waals surface area contributed by atoms with Gasteiger partial charge < -0.3 is 20.9 Å². The van der Waals surface area contributed by atoms with E-state index in [9.17, 15) is 0 Å². The highest BCUT2D eigenvalue weighted by Crippen LogP contribution is 1.80. The van der Waals surface area contributed by atoms with Gasteiger partial charge in [0.1, 0.15) is 0 Å². The van der Waals surface area contributed by atoms with Crippen molar-refractivity contribution in [3.05, 3.63) is 0 Å². The first-order chi connectivity index (χ1) is 4.81. The number of nitrogens with two attached hydrogens (primary N) is 1. The van der Waals surface area contributed by atoms with Gasteiger partial charge in [-0.2, -0.15) is 0 Å². The number of likely N-dealkylation sites (N-methyl/N-ethyl adjacent to an activating group) is 1. The Bertz CT molecular complexity index is 70.8. The van der Waals surface area contributed by atoms with E-state index in [2.05, 4.69) is 5.32 Å². The third-order valence-corrected chi connectivity index (χ3v) is 1.08. The molecule has 0 aliphatic heterocycles. The maximum absolute atomic E-state index is 8.89. The molecule has 0 aromatic carbocycles. The summed E-state index contributed by atoms with van der Waals surface area (Å²) in [6.45, 7) is 2.02. The summed E-state index contributed by atoms with van der Waals surface area (Å²) in [5.74, 6) is 0. The van der Waals surface area contributed by atoms with Crippen LogP contribution in [-0.4, -0.2) is 44.6 Å². The summed E-state index contributed by atoms with van der Waals surface area (Å²) in [5, 5.41) is 11.8. The average molecular weight is 148 g/mol. The zero-order chi connectivity index (χ0) is 7.82. The minimum atomic E-state index is -0.517. The standard InChI is InChI=1S/C6H16N2O2/c1-8-2-3-10-5-6(9)4-7/h6,8-9H,2-5,7H2,1H3. The molecule has 4 nitrogen and oxygen atoms in total. The molecule has 0 radical (unpaired) electrons. The highest BCUT2D eigenvalue weighted by molar-refractivity contribution is 4.52. The van der Waals surface area contributed by atoms with E-state index in [4.69, 9.17) is 15.6 Å². The van der Waals surface area contributed by atoms with Crippen LogP contribution >= 0.6 is 0 Å². The summed E-state index contributed by atoms with van der Waals surface area (Å²) in [5.41, 5.74) is 5.14. The van der Waals surface area contributed by atoms with Gasteiger partial charge in [0, 0.05) is 13.1 Å². The summed E-state index contributed by atoms with van der Waals surface area (Å²) in [4.78, 5) is 0. The van der Waals surface area contributed by atoms with Crippen molar-refractivity contribution >= 4 is 0 Å². The Morgan fingerprint density at radius 1 is 1.70 bits per heavy atom. The highest BCUT2D eigenvalue weighted by Gasteiger charge is 1.98. The first kappa shape index (κ1) is 9.84. The zero-order valence-corrected chi connectivity index (χ0v) is 6.34. The molecule has 4 heteroatoms. The normalized spacial score (nSPS) is 13.5. The molecule has 0 aromatic rings. The van der Waals surface area contributed by atoms with Gasteiger partial charge in [-0.3, -0.25) is 0 Å². The molecular formula is C6H16N2O2. The lowest BCUT2D eigenvalue weighted by Crippen LogP contribution is -2.26. The number of rotatable bonds is 6. The van der Waals surface area contributed by atoms with Crippen molar-refractivity contribution in [1.82, 2.24) is 5.32 Å². The molecule has 0 amide bonds. The topological polar surface area (TPSA) is 67.5 Å². The maximum Gasteiger partial charge on any atom is 0.0895 e. The van der Waals surface area contributed by atoms with E-state index >= 15 is 0 Å². The highest BCUT2D eigenvalue weighted by atomic mass is 16.5. The maximum atomic E-state index is 8.89. The SMILES string of the molecule is CNCCOCC(O)CN. The fourth-order valence-electron chi connectivity index (χ4n) is 0.462. The molecule has 0 heterocycles. The number of aliphatic hydroxyl groups is 1. The van der Waals surface area contributed by atoms with Gasteiger partial charge in [-0.05, 0) is 7.05 Å². The van der Waals surface area contributed by atoms with E-state index < -0.39 is 6.10 Å². The van der Waals surface area contributed by atoms with Gasteiger partial charge in [0.15, 0.2) is 0 Å². The summed E-state index contributed by atoms with van der Waals surface area (Å²) in [6, 6.07) is 0. The van der Waals surface area contributed by atoms with Crippen LogP contribution in [0.15, 0.2) is 0 Å². The van der Waals surface area contributed by atoms with Gasteiger partial charge in [-0.15, -0.1) is 0 Å². The molecule has 62 valence electrons. The van der Waals surface area contributed by atoms with Crippen LogP contribution < -0.4 is 11.1 Å². The molecule has 1 atom stereocenters. The number of ether oxygens (including phenoxy) is 1. The van der Waals surface area contributed by atoms with Gasteiger partial charge in [0.25, 0.3) is 0 Å². The zero-order valence-electron chi connectivity index (χ0n) is 6.34. The third kappa shape index (κ3) is 5.97. The molecule has 0 fully saturated rings. The second kappa shape index (κ2) is 6.95. The van der Waals surface area contributed by atoms with Crippen molar-refractivity contribution < 1.29 is 9.84 Å². The summed E-state index contributed by atoms with van der Waals surface area (Å²) < 4.78 is 5.03. The Morgan fingerprint density at radius 2 is 2.40 bits per heavy atom. The van der Waals surface area contributed by atoms with Crippen molar-refractivity contribution in [2.75, 3.05) is 33.4 Å². The number of hydrogen-bond acceptors (Lipinski definition) is 4. The Kier molecular flexibility index (Phi) is 6.84. The Labute approximate surface area is 61.4 Å². The van der Waals surface area contributed by atoms with Crippen LogP contribution in [0.2, 0.25) is 0 Å². The number of aliphatic hydroxyl groups excluding tert-OH is 1. The van der Waals surface area contributed by atoms with Crippen LogP contribution in [0.5, 0.6) is 0 Å². The Morgan fingerprint density at radius 3 is 2.90 bits per heavy atom. The van der Waals surface area contributed by atoms with Gasteiger partial charge in [0.05, 0.1) is 19.3 Å². The van der Waals surface area contributed by atoms with Gasteiger partial charge >= 0.3 is 0 Å². The minimum absolute atomic E-state index is 0.263. The largest absolute Gasteiger partial charge is 0.389 e. The van der Waals surface area contributed by atoms with Crippen LogP contribution in [0.1, 0.15) is 0 Å². The quantitative estimate of drug-likeness (QED) is 0.403. The summed E-state index contributed by atoms with van der Waals surface area (Å²) in [7, 11) is 1.85. The first-order valence-electron chi connectivity index (χ1n) is 3.41. The van der Waals surface area contributed by atoms with Crippen LogP contribution in [0.4, 0.5) is 0 Å². The Balaban J connectivity index is 2.89. The van der Waals surface area contributed by atoms with Crippen molar-refractivity contribution in [3.63, 3.8) is 0 Å². The molecule has 10 heavy (non-hydrogen) atoms. The summed E-state index contributed by atoms with van der Waals surface area (Å²) >= 11 is 0. The third-order valence-electron chi connectivity index (χ3n) is 1.08.